The van der Waals surface area contributed by atoms with Crippen molar-refractivity contribution >= 4 is 17.6 Å². The fourth-order valence-corrected chi connectivity index (χ4v) is 4.73. The van der Waals surface area contributed by atoms with E-state index in [9.17, 15) is 23.2 Å². The molecule has 8 heteroatoms. The molecule has 0 unspecified atom stereocenters. The van der Waals surface area contributed by atoms with Crippen molar-refractivity contribution in [1.29, 1.82) is 0 Å². The highest BCUT2D eigenvalue weighted by molar-refractivity contribution is 5.94. The highest BCUT2D eigenvalue weighted by atomic mass is 19.3. The summed E-state index contributed by atoms with van der Waals surface area (Å²) in [6, 6.07) is 4.89. The topological polar surface area (TPSA) is 78.5 Å². The number of alkyl halides is 2. The Labute approximate surface area is 193 Å². The van der Waals surface area contributed by atoms with Crippen molar-refractivity contribution in [3.63, 3.8) is 0 Å². The van der Waals surface area contributed by atoms with Gasteiger partial charge in [-0.15, -0.1) is 12.3 Å². The van der Waals surface area contributed by atoms with Crippen LogP contribution in [0.1, 0.15) is 56.1 Å². The smallest absolute Gasteiger partial charge is 0.267 e. The largest absolute Gasteiger partial charge is 0.342 e. The maximum absolute atomic E-state index is 14.4. The van der Waals surface area contributed by atoms with E-state index in [1.807, 2.05) is 24.3 Å². The molecule has 0 saturated carbocycles. The molecule has 0 bridgehead atoms. The molecule has 2 amide bonds. The van der Waals surface area contributed by atoms with Crippen LogP contribution in [-0.4, -0.2) is 60.1 Å². The Balaban J connectivity index is 1.78. The van der Waals surface area contributed by atoms with Crippen LogP contribution < -0.4 is 10.6 Å². The minimum absolute atomic E-state index is 0.0497. The lowest BCUT2D eigenvalue weighted by atomic mass is 9.79. The van der Waals surface area contributed by atoms with Gasteiger partial charge in [-0.05, 0) is 50.3 Å². The number of likely N-dealkylation sites (N-methyl/N-ethyl adjacent to an activating group) is 1. The molecular weight excluding hydrogens is 428 g/mol. The number of aryl methyl sites for hydroxylation is 1. The molecule has 1 aromatic carbocycles. The first-order chi connectivity index (χ1) is 15.7. The average molecular weight is 460 g/mol. The van der Waals surface area contributed by atoms with Crippen LogP contribution in [0.2, 0.25) is 0 Å². The summed E-state index contributed by atoms with van der Waals surface area (Å²) >= 11 is 0. The fraction of sp³-hybridized carbons (Fsp3) is 0.560. The predicted molar refractivity (Wildman–Crippen MR) is 121 cm³/mol. The summed E-state index contributed by atoms with van der Waals surface area (Å²) in [5, 5.41) is 5.29. The number of hydrogen-bond acceptors (Lipinski definition) is 4. The molecule has 1 saturated heterocycles. The molecule has 3 rings (SSSR count). The molecule has 4 atom stereocenters. The third kappa shape index (κ3) is 5.77. The van der Waals surface area contributed by atoms with Gasteiger partial charge in [0.2, 0.25) is 11.8 Å². The minimum atomic E-state index is -3.18. The molecule has 33 heavy (non-hydrogen) atoms. The first-order valence-corrected chi connectivity index (χ1v) is 11.4. The Morgan fingerprint density at radius 1 is 1.30 bits per heavy atom. The second kappa shape index (κ2) is 10.4. The highest BCUT2D eigenvalue weighted by Gasteiger charge is 2.51. The summed E-state index contributed by atoms with van der Waals surface area (Å²) in [4.78, 5) is 39.6. The quantitative estimate of drug-likeness (QED) is 0.586. The van der Waals surface area contributed by atoms with Crippen LogP contribution in [0.5, 0.6) is 0 Å². The number of benzene rings is 1. The monoisotopic (exact) mass is 459 g/mol. The van der Waals surface area contributed by atoms with Gasteiger partial charge in [-0.1, -0.05) is 24.3 Å². The average Bonchev–Trinajstić information content (AvgIpc) is 3.13. The van der Waals surface area contributed by atoms with E-state index in [1.54, 1.807) is 14.0 Å². The van der Waals surface area contributed by atoms with E-state index < -0.39 is 48.8 Å². The second-order valence-corrected chi connectivity index (χ2v) is 8.98. The number of nitrogens with one attached hydrogen (secondary N) is 2. The van der Waals surface area contributed by atoms with E-state index in [0.717, 1.165) is 29.7 Å². The molecule has 0 aromatic heterocycles. The third-order valence-electron chi connectivity index (χ3n) is 6.63. The summed E-state index contributed by atoms with van der Waals surface area (Å²) < 4.78 is 28.8. The van der Waals surface area contributed by atoms with E-state index in [4.69, 9.17) is 6.42 Å². The van der Waals surface area contributed by atoms with Crippen molar-refractivity contribution in [2.24, 2.45) is 0 Å². The predicted octanol–water partition coefficient (Wildman–Crippen LogP) is 2.42. The van der Waals surface area contributed by atoms with E-state index in [2.05, 4.69) is 16.6 Å². The zero-order valence-corrected chi connectivity index (χ0v) is 19.1. The van der Waals surface area contributed by atoms with Crippen molar-refractivity contribution in [2.75, 3.05) is 13.6 Å². The number of carbonyl (C=O) groups excluding carboxylic acids is 3. The zero-order valence-electron chi connectivity index (χ0n) is 19.1. The summed E-state index contributed by atoms with van der Waals surface area (Å²) in [5.74, 6) is -2.50. The van der Waals surface area contributed by atoms with Gasteiger partial charge in [0.1, 0.15) is 6.04 Å². The molecule has 1 fully saturated rings. The number of terminal acetylenes is 1. The van der Waals surface area contributed by atoms with Gasteiger partial charge in [0.15, 0.2) is 5.78 Å². The standard InChI is InChI=1S/C25H31F2N3O3/c1-4-8-20(29-23(32)16(2)28-3)24(33)30-15-25(26,27)14-21(30)22(31)13-18-11-7-10-17-9-5-6-12-19(17)18/h1,5-6,9,12,16,18,20-21,28H,7-8,10-11,13-15H2,2-3H3,(H,29,32)/t16-,18-,20-,21-/m0/s1. The summed E-state index contributed by atoms with van der Waals surface area (Å²) in [6.45, 7) is 0.743. The molecule has 2 N–H and O–H groups in total. The maximum atomic E-state index is 14.4. The van der Waals surface area contributed by atoms with Gasteiger partial charge in [0.25, 0.3) is 5.92 Å². The molecule has 1 aliphatic heterocycles. The Kier molecular flexibility index (Phi) is 7.85. The lowest BCUT2D eigenvalue weighted by Gasteiger charge is -2.30. The molecule has 6 nitrogen and oxygen atoms in total. The van der Waals surface area contributed by atoms with Crippen LogP contribution in [0.3, 0.4) is 0 Å². The number of halogens is 2. The summed E-state index contributed by atoms with van der Waals surface area (Å²) in [6.07, 6.45) is 7.27. The number of amides is 2. The van der Waals surface area contributed by atoms with E-state index in [-0.39, 0.29) is 24.5 Å². The minimum Gasteiger partial charge on any atom is -0.342 e. The normalized spacial score (nSPS) is 23.2. The number of hydrogen-bond donors (Lipinski definition) is 2. The van der Waals surface area contributed by atoms with Crippen molar-refractivity contribution in [1.82, 2.24) is 15.5 Å². The van der Waals surface area contributed by atoms with Crippen molar-refractivity contribution in [2.45, 2.75) is 75.4 Å². The Morgan fingerprint density at radius 3 is 2.73 bits per heavy atom. The number of ketones is 1. The molecule has 178 valence electrons. The molecule has 1 aromatic rings. The number of rotatable bonds is 8. The van der Waals surface area contributed by atoms with Gasteiger partial charge in [0, 0.05) is 19.3 Å². The van der Waals surface area contributed by atoms with Gasteiger partial charge in [0.05, 0.1) is 18.6 Å². The van der Waals surface area contributed by atoms with E-state index in [0.29, 0.717) is 0 Å². The van der Waals surface area contributed by atoms with Crippen molar-refractivity contribution in [3.05, 3.63) is 35.4 Å². The van der Waals surface area contributed by atoms with Gasteiger partial charge in [-0.25, -0.2) is 8.78 Å². The first kappa shape index (κ1) is 24.8. The Morgan fingerprint density at radius 2 is 2.03 bits per heavy atom. The number of likely N-dealkylation sites (tertiary alicyclic amines) is 1. The van der Waals surface area contributed by atoms with E-state index >= 15 is 0 Å². The number of Topliss-reactive ketones (excluding diaryl/α,β-unsaturated/α-hetero) is 1. The van der Waals surface area contributed by atoms with Crippen LogP contribution in [0, 0.1) is 12.3 Å². The molecular formula is C25H31F2N3O3. The number of nitrogens with zero attached hydrogens (tertiary/aromatic N) is 1. The van der Waals surface area contributed by atoms with Gasteiger partial charge in [-0.3, -0.25) is 14.4 Å². The third-order valence-corrected chi connectivity index (χ3v) is 6.63. The Hall–Kier alpha value is -2.79. The van der Waals surface area contributed by atoms with Gasteiger partial charge < -0.3 is 15.5 Å². The van der Waals surface area contributed by atoms with Crippen LogP contribution in [0.4, 0.5) is 8.78 Å². The van der Waals surface area contributed by atoms with Gasteiger partial charge >= 0.3 is 0 Å². The lowest BCUT2D eigenvalue weighted by molar-refractivity contribution is -0.141. The van der Waals surface area contributed by atoms with Gasteiger partial charge in [-0.2, -0.15) is 0 Å². The van der Waals surface area contributed by atoms with E-state index in [1.165, 1.54) is 5.56 Å². The summed E-state index contributed by atoms with van der Waals surface area (Å²) in [5.41, 5.74) is 2.26. The Bertz CT molecular complexity index is 943. The number of carbonyl (C=O) groups is 3. The molecule has 0 radical (unpaired) electrons. The molecule has 0 spiro atoms. The molecule has 1 heterocycles. The first-order valence-electron chi connectivity index (χ1n) is 11.4. The van der Waals surface area contributed by atoms with Crippen LogP contribution in [-0.2, 0) is 20.8 Å². The lowest BCUT2D eigenvalue weighted by Crippen LogP contribution is -2.54. The van der Waals surface area contributed by atoms with Crippen LogP contribution in [0.15, 0.2) is 24.3 Å². The fourth-order valence-electron chi connectivity index (χ4n) is 4.73. The summed E-state index contributed by atoms with van der Waals surface area (Å²) in [7, 11) is 1.58. The molecule has 2 aliphatic rings. The number of fused-ring (bicyclic) bond motifs is 1. The maximum Gasteiger partial charge on any atom is 0.267 e. The van der Waals surface area contributed by atoms with Crippen LogP contribution in [0.25, 0.3) is 0 Å². The van der Waals surface area contributed by atoms with Crippen LogP contribution >= 0.6 is 0 Å². The second-order valence-electron chi connectivity index (χ2n) is 8.98. The zero-order chi connectivity index (χ0) is 24.2. The highest BCUT2D eigenvalue weighted by Crippen LogP contribution is 2.38. The molecule has 1 aliphatic carbocycles. The SMILES string of the molecule is C#CC[C@H](NC(=O)[C@H](C)NC)C(=O)N1CC(F)(F)C[C@H]1C(=O)C[C@@H]1CCCc2ccccc21. The van der Waals surface area contributed by atoms with Crippen molar-refractivity contribution in [3.8, 4) is 12.3 Å². The van der Waals surface area contributed by atoms with Crippen molar-refractivity contribution < 1.29 is 23.2 Å².